The van der Waals surface area contributed by atoms with E-state index in [2.05, 4.69) is 6.58 Å². The van der Waals surface area contributed by atoms with Crippen LogP contribution >= 0.6 is 0 Å². The third-order valence-electron chi connectivity index (χ3n) is 1.80. The van der Waals surface area contributed by atoms with E-state index < -0.39 is 0 Å². The highest BCUT2D eigenvalue weighted by atomic mass is 14.6. The van der Waals surface area contributed by atoms with Crippen LogP contribution in [0.3, 0.4) is 0 Å². The van der Waals surface area contributed by atoms with Gasteiger partial charge in [0, 0.05) is 17.5 Å². The summed E-state index contributed by atoms with van der Waals surface area (Å²) in [6.45, 7) is 3.83. The molecule has 0 radical (unpaired) electrons. The molecule has 2 nitrogen and oxygen atoms in total. The third kappa shape index (κ3) is 1.10. The average Bonchev–Trinajstić information content (AvgIpc) is 1.88. The van der Waals surface area contributed by atoms with Gasteiger partial charge in [-0.3, -0.25) is 0 Å². The van der Waals surface area contributed by atoms with Gasteiger partial charge in [0.1, 0.15) is 0 Å². The standard InChI is InChI=1S/C8H12N2/c1-6-3-2-4-8(10)7(6)5-9/h5,9H,1-4,10H2. The summed E-state index contributed by atoms with van der Waals surface area (Å²) in [5.74, 6) is 0. The summed E-state index contributed by atoms with van der Waals surface area (Å²) in [4.78, 5) is 0. The molecule has 3 N–H and O–H groups in total. The Kier molecular flexibility index (Phi) is 1.90. The second-order valence-electron chi connectivity index (χ2n) is 2.54. The summed E-state index contributed by atoms with van der Waals surface area (Å²) in [5, 5.41) is 7.03. The minimum absolute atomic E-state index is 0.825. The van der Waals surface area contributed by atoms with Gasteiger partial charge < -0.3 is 11.1 Å². The zero-order chi connectivity index (χ0) is 7.56. The van der Waals surface area contributed by atoms with Gasteiger partial charge in [0.2, 0.25) is 0 Å². The van der Waals surface area contributed by atoms with E-state index in [-0.39, 0.29) is 0 Å². The van der Waals surface area contributed by atoms with Crippen LogP contribution < -0.4 is 5.73 Å². The molecule has 0 unspecified atom stereocenters. The summed E-state index contributed by atoms with van der Waals surface area (Å²) in [6, 6.07) is 0. The molecule has 0 saturated carbocycles. The smallest absolute Gasteiger partial charge is 0.0270 e. The molecule has 1 aliphatic rings. The zero-order valence-corrected chi connectivity index (χ0v) is 5.98. The minimum atomic E-state index is 0.825. The molecule has 0 spiro atoms. The Labute approximate surface area is 60.9 Å². The van der Waals surface area contributed by atoms with Crippen molar-refractivity contribution in [1.29, 1.82) is 5.41 Å². The topological polar surface area (TPSA) is 49.9 Å². The molecule has 0 aromatic carbocycles. The highest BCUT2D eigenvalue weighted by Crippen LogP contribution is 2.23. The predicted octanol–water partition coefficient (Wildman–Crippen LogP) is 1.59. The van der Waals surface area contributed by atoms with Crippen molar-refractivity contribution in [3.63, 3.8) is 0 Å². The van der Waals surface area contributed by atoms with Gasteiger partial charge >= 0.3 is 0 Å². The van der Waals surface area contributed by atoms with Gasteiger partial charge in [-0.15, -0.1) is 0 Å². The molecule has 0 aromatic rings. The highest BCUT2D eigenvalue weighted by molar-refractivity contribution is 5.83. The van der Waals surface area contributed by atoms with Crippen molar-refractivity contribution in [1.82, 2.24) is 0 Å². The van der Waals surface area contributed by atoms with E-state index in [1.807, 2.05) is 0 Å². The van der Waals surface area contributed by atoms with E-state index in [0.717, 1.165) is 36.1 Å². The number of hydrogen-bond acceptors (Lipinski definition) is 2. The first-order valence-electron chi connectivity index (χ1n) is 3.43. The number of nitrogens with one attached hydrogen (secondary N) is 1. The monoisotopic (exact) mass is 136 g/mol. The van der Waals surface area contributed by atoms with Crippen molar-refractivity contribution in [2.24, 2.45) is 5.73 Å². The van der Waals surface area contributed by atoms with Crippen molar-refractivity contribution in [2.45, 2.75) is 19.3 Å². The van der Waals surface area contributed by atoms with Crippen LogP contribution in [0.5, 0.6) is 0 Å². The molecule has 1 rings (SSSR count). The summed E-state index contributed by atoms with van der Waals surface area (Å²) < 4.78 is 0. The average molecular weight is 136 g/mol. The first kappa shape index (κ1) is 7.06. The molecule has 0 bridgehead atoms. The molecule has 1 aliphatic carbocycles. The summed E-state index contributed by atoms with van der Waals surface area (Å²) in [6.07, 6.45) is 4.30. The second-order valence-corrected chi connectivity index (χ2v) is 2.54. The molecule has 10 heavy (non-hydrogen) atoms. The molecule has 2 heteroatoms. The van der Waals surface area contributed by atoms with Crippen molar-refractivity contribution >= 4 is 6.21 Å². The number of nitrogens with two attached hydrogens (primary N) is 1. The summed E-state index contributed by atoms with van der Waals surface area (Å²) in [7, 11) is 0. The molecule has 0 atom stereocenters. The molecule has 54 valence electrons. The van der Waals surface area contributed by atoms with Crippen LogP contribution in [-0.2, 0) is 0 Å². The largest absolute Gasteiger partial charge is 0.402 e. The first-order chi connectivity index (χ1) is 4.75. The molecule has 0 heterocycles. The van der Waals surface area contributed by atoms with Crippen LogP contribution in [0.1, 0.15) is 19.3 Å². The van der Waals surface area contributed by atoms with Crippen molar-refractivity contribution in [3.05, 3.63) is 23.4 Å². The fourth-order valence-electron chi connectivity index (χ4n) is 1.18. The highest BCUT2D eigenvalue weighted by Gasteiger charge is 2.10. The lowest BCUT2D eigenvalue weighted by Gasteiger charge is -2.15. The molecule has 0 aromatic heterocycles. The maximum absolute atomic E-state index is 7.03. The van der Waals surface area contributed by atoms with Crippen molar-refractivity contribution in [3.8, 4) is 0 Å². The molecular weight excluding hydrogens is 124 g/mol. The minimum Gasteiger partial charge on any atom is -0.402 e. The number of hydrogen-bond donors (Lipinski definition) is 2. The van der Waals surface area contributed by atoms with Crippen LogP contribution in [0.4, 0.5) is 0 Å². The van der Waals surface area contributed by atoms with E-state index in [4.69, 9.17) is 11.1 Å². The van der Waals surface area contributed by atoms with Crippen LogP contribution in [0.15, 0.2) is 23.4 Å². The lowest BCUT2D eigenvalue weighted by atomic mass is 9.93. The van der Waals surface area contributed by atoms with E-state index in [1.54, 1.807) is 0 Å². The lowest BCUT2D eigenvalue weighted by Crippen LogP contribution is -2.09. The fourth-order valence-corrected chi connectivity index (χ4v) is 1.18. The molecule has 0 saturated heterocycles. The van der Waals surface area contributed by atoms with E-state index >= 15 is 0 Å². The Balaban J connectivity index is 2.94. The summed E-state index contributed by atoms with van der Waals surface area (Å²) >= 11 is 0. The van der Waals surface area contributed by atoms with E-state index in [1.165, 1.54) is 6.21 Å². The predicted molar refractivity (Wildman–Crippen MR) is 43.0 cm³/mol. The van der Waals surface area contributed by atoms with Gasteiger partial charge in [0.05, 0.1) is 0 Å². The van der Waals surface area contributed by atoms with Gasteiger partial charge in [-0.05, 0) is 24.8 Å². The fraction of sp³-hybridized carbons (Fsp3) is 0.375. The van der Waals surface area contributed by atoms with Crippen LogP contribution in [0.25, 0.3) is 0 Å². The number of rotatable bonds is 1. The van der Waals surface area contributed by atoms with Gasteiger partial charge in [-0.2, -0.15) is 0 Å². The Hall–Kier alpha value is -1.05. The van der Waals surface area contributed by atoms with E-state index in [0.29, 0.717) is 0 Å². The lowest BCUT2D eigenvalue weighted by molar-refractivity contribution is 0.769. The maximum atomic E-state index is 7.03. The molecular formula is C8H12N2. The van der Waals surface area contributed by atoms with Gasteiger partial charge in [-0.25, -0.2) is 0 Å². The Morgan fingerprint density at radius 3 is 2.60 bits per heavy atom. The molecule has 0 amide bonds. The van der Waals surface area contributed by atoms with Crippen molar-refractivity contribution in [2.75, 3.05) is 0 Å². The third-order valence-corrected chi connectivity index (χ3v) is 1.80. The Morgan fingerprint density at radius 1 is 1.50 bits per heavy atom. The summed E-state index contributed by atoms with van der Waals surface area (Å²) in [5.41, 5.74) is 8.34. The van der Waals surface area contributed by atoms with Crippen LogP contribution in [0, 0.1) is 5.41 Å². The van der Waals surface area contributed by atoms with E-state index in [9.17, 15) is 0 Å². The van der Waals surface area contributed by atoms with Crippen LogP contribution in [0.2, 0.25) is 0 Å². The number of allylic oxidation sites excluding steroid dienone is 3. The maximum Gasteiger partial charge on any atom is 0.0270 e. The quantitative estimate of drug-likeness (QED) is 0.528. The SMILES string of the molecule is C=C1CCCC(N)=C1C=N. The second kappa shape index (κ2) is 2.69. The Morgan fingerprint density at radius 2 is 2.20 bits per heavy atom. The van der Waals surface area contributed by atoms with Gasteiger partial charge in [0.25, 0.3) is 0 Å². The molecule has 0 aliphatic heterocycles. The first-order valence-corrected chi connectivity index (χ1v) is 3.43. The van der Waals surface area contributed by atoms with Gasteiger partial charge in [0.15, 0.2) is 0 Å². The van der Waals surface area contributed by atoms with Crippen molar-refractivity contribution < 1.29 is 0 Å². The van der Waals surface area contributed by atoms with Gasteiger partial charge in [-0.1, -0.05) is 6.58 Å². The normalized spacial score (nSPS) is 19.4. The molecule has 0 fully saturated rings. The van der Waals surface area contributed by atoms with Crippen LogP contribution in [-0.4, -0.2) is 6.21 Å². The zero-order valence-electron chi connectivity index (χ0n) is 5.98. The Bertz CT molecular complexity index is 201.